The number of ether oxygens (including phenoxy) is 7. The highest BCUT2D eigenvalue weighted by Gasteiger charge is 2.55. The van der Waals surface area contributed by atoms with Crippen LogP contribution in [-0.2, 0) is 33.2 Å². The molecule has 5 aliphatic rings. The summed E-state index contributed by atoms with van der Waals surface area (Å²) in [6.07, 6.45) is -17.0. The summed E-state index contributed by atoms with van der Waals surface area (Å²) in [6.45, 7) is 1.87. The molecule has 1 aliphatic carbocycles. The molecule has 0 aromatic heterocycles. The van der Waals surface area contributed by atoms with Crippen molar-refractivity contribution in [1.29, 1.82) is 0 Å². The number of aliphatic hydroxyl groups excluding tert-OH is 7. The summed E-state index contributed by atoms with van der Waals surface area (Å²) >= 11 is 0. The van der Waals surface area contributed by atoms with Gasteiger partial charge in [-0.3, -0.25) is 0 Å². The molecular weight excluding hydrogens is 694 g/mol. The SMILES string of the molecule is NCC1OC(OC2C(CO)OC(OC3C(O)C(N)CC(N)C3OC3OC(CO)C(O)C(O)C3N)C2OCCNCC2CCCNC2)C(N)C(O)C1O. The van der Waals surface area contributed by atoms with Gasteiger partial charge in [0.1, 0.15) is 67.1 Å². The van der Waals surface area contributed by atoms with Crippen LogP contribution in [0.1, 0.15) is 19.3 Å². The van der Waals surface area contributed by atoms with Crippen LogP contribution in [0.25, 0.3) is 0 Å². The number of nitrogens with two attached hydrogens (primary N) is 5. The van der Waals surface area contributed by atoms with Crippen LogP contribution in [0.4, 0.5) is 0 Å². The summed E-state index contributed by atoms with van der Waals surface area (Å²) in [5, 5.41) is 80.0. The average molecular weight is 756 g/mol. The molecule has 21 heteroatoms. The van der Waals surface area contributed by atoms with Gasteiger partial charge in [0.25, 0.3) is 0 Å². The zero-order valence-corrected chi connectivity index (χ0v) is 29.2. The Hall–Kier alpha value is -0.840. The van der Waals surface area contributed by atoms with Gasteiger partial charge in [0.15, 0.2) is 18.9 Å². The van der Waals surface area contributed by atoms with E-state index in [1.807, 2.05) is 0 Å². The molecule has 5 rings (SSSR count). The number of rotatable bonds is 15. The van der Waals surface area contributed by atoms with E-state index >= 15 is 0 Å². The zero-order valence-electron chi connectivity index (χ0n) is 29.2. The van der Waals surface area contributed by atoms with E-state index in [0.717, 1.165) is 32.5 Å². The average Bonchev–Trinajstić information content (AvgIpc) is 3.47. The molecule has 304 valence electrons. The van der Waals surface area contributed by atoms with Gasteiger partial charge in [-0.25, -0.2) is 0 Å². The van der Waals surface area contributed by atoms with E-state index in [-0.39, 0.29) is 19.6 Å². The molecular formula is C31H61N7O14. The zero-order chi connectivity index (χ0) is 37.7. The van der Waals surface area contributed by atoms with E-state index < -0.39 is 129 Å². The van der Waals surface area contributed by atoms with Crippen LogP contribution in [0.5, 0.6) is 0 Å². The Balaban J connectivity index is 1.35. The first kappa shape index (κ1) is 42.3. The summed E-state index contributed by atoms with van der Waals surface area (Å²) in [4.78, 5) is 0. The summed E-state index contributed by atoms with van der Waals surface area (Å²) in [5.41, 5.74) is 30.8. The van der Waals surface area contributed by atoms with Gasteiger partial charge in [0.2, 0.25) is 0 Å². The van der Waals surface area contributed by atoms with Crippen LogP contribution < -0.4 is 39.3 Å². The summed E-state index contributed by atoms with van der Waals surface area (Å²) in [6, 6.07) is -4.20. The van der Waals surface area contributed by atoms with Gasteiger partial charge in [-0.05, 0) is 44.8 Å². The number of nitrogens with one attached hydrogen (secondary N) is 2. The molecule has 0 aromatic rings. The van der Waals surface area contributed by atoms with Gasteiger partial charge in [-0.15, -0.1) is 0 Å². The first-order valence-electron chi connectivity index (χ1n) is 18.2. The highest BCUT2D eigenvalue weighted by Crippen LogP contribution is 2.35. The molecule has 4 aliphatic heterocycles. The lowest BCUT2D eigenvalue weighted by Gasteiger charge is -2.47. The van der Waals surface area contributed by atoms with Crippen molar-refractivity contribution in [3.05, 3.63) is 0 Å². The Morgan fingerprint density at radius 2 is 1.27 bits per heavy atom. The maximum atomic E-state index is 11.3. The van der Waals surface area contributed by atoms with Gasteiger partial charge >= 0.3 is 0 Å². The van der Waals surface area contributed by atoms with Crippen LogP contribution in [0.15, 0.2) is 0 Å². The van der Waals surface area contributed by atoms with Crippen LogP contribution >= 0.6 is 0 Å². The molecule has 52 heavy (non-hydrogen) atoms. The van der Waals surface area contributed by atoms with Crippen LogP contribution in [0, 0.1) is 5.92 Å². The third-order valence-corrected chi connectivity index (χ3v) is 10.7. The molecule has 5 fully saturated rings. The molecule has 20 atom stereocenters. The third-order valence-electron chi connectivity index (χ3n) is 10.7. The molecule has 0 radical (unpaired) electrons. The molecule has 21 nitrogen and oxygen atoms in total. The maximum Gasteiger partial charge on any atom is 0.187 e. The predicted octanol–water partition coefficient (Wildman–Crippen LogP) is -8.25. The lowest BCUT2D eigenvalue weighted by Crippen LogP contribution is -2.68. The Kier molecular flexibility index (Phi) is 15.7. The van der Waals surface area contributed by atoms with E-state index in [1.54, 1.807) is 0 Å². The van der Waals surface area contributed by atoms with E-state index in [1.165, 1.54) is 0 Å². The lowest BCUT2D eigenvalue weighted by atomic mass is 9.84. The predicted molar refractivity (Wildman–Crippen MR) is 179 cm³/mol. The van der Waals surface area contributed by atoms with Crippen molar-refractivity contribution in [3.8, 4) is 0 Å². The summed E-state index contributed by atoms with van der Waals surface area (Å²) in [5.74, 6) is 0.466. The van der Waals surface area contributed by atoms with Crippen LogP contribution in [0.3, 0.4) is 0 Å². The van der Waals surface area contributed by atoms with Crippen molar-refractivity contribution >= 4 is 0 Å². The van der Waals surface area contributed by atoms with Crippen molar-refractivity contribution in [2.45, 2.75) is 136 Å². The normalized spacial score (nSPS) is 48.9. The number of aliphatic hydroxyl groups is 7. The topological polar surface area (TPSA) is 360 Å². The quantitative estimate of drug-likeness (QED) is 0.0690. The van der Waals surface area contributed by atoms with Gasteiger partial charge < -0.3 is 108 Å². The van der Waals surface area contributed by atoms with Crippen molar-refractivity contribution in [3.63, 3.8) is 0 Å². The molecule has 4 saturated heterocycles. The Labute approximate surface area is 302 Å². The second-order valence-electron chi connectivity index (χ2n) is 14.5. The first-order chi connectivity index (χ1) is 24.9. The fourth-order valence-electron chi connectivity index (χ4n) is 7.53. The van der Waals surface area contributed by atoms with E-state index in [2.05, 4.69) is 10.6 Å². The van der Waals surface area contributed by atoms with Crippen molar-refractivity contribution < 1.29 is 68.9 Å². The molecule has 0 amide bonds. The molecule has 4 heterocycles. The monoisotopic (exact) mass is 755 g/mol. The lowest BCUT2D eigenvalue weighted by molar-refractivity contribution is -0.311. The number of hydrogen-bond donors (Lipinski definition) is 14. The van der Waals surface area contributed by atoms with E-state index in [0.29, 0.717) is 12.5 Å². The second kappa shape index (κ2) is 19.3. The molecule has 0 spiro atoms. The fourth-order valence-corrected chi connectivity index (χ4v) is 7.53. The van der Waals surface area contributed by atoms with E-state index in [9.17, 15) is 35.7 Å². The molecule has 0 aromatic carbocycles. The highest BCUT2D eigenvalue weighted by molar-refractivity contribution is 5.02. The Morgan fingerprint density at radius 3 is 1.88 bits per heavy atom. The Morgan fingerprint density at radius 1 is 0.673 bits per heavy atom. The fraction of sp³-hybridized carbons (Fsp3) is 1.00. The van der Waals surface area contributed by atoms with Gasteiger partial charge in [0, 0.05) is 25.2 Å². The van der Waals surface area contributed by atoms with Crippen LogP contribution in [0.2, 0.25) is 0 Å². The third kappa shape index (κ3) is 9.57. The van der Waals surface area contributed by atoms with E-state index in [4.69, 9.17) is 61.8 Å². The van der Waals surface area contributed by atoms with Crippen molar-refractivity contribution in [2.24, 2.45) is 34.6 Å². The van der Waals surface area contributed by atoms with Gasteiger partial charge in [-0.2, -0.15) is 0 Å². The van der Waals surface area contributed by atoms with Crippen molar-refractivity contribution in [1.82, 2.24) is 10.6 Å². The largest absolute Gasteiger partial charge is 0.394 e. The summed E-state index contributed by atoms with van der Waals surface area (Å²) in [7, 11) is 0. The molecule has 1 saturated carbocycles. The maximum absolute atomic E-state index is 11.3. The molecule has 19 N–H and O–H groups in total. The first-order valence-corrected chi connectivity index (χ1v) is 18.2. The minimum absolute atomic E-state index is 0.0916. The summed E-state index contributed by atoms with van der Waals surface area (Å²) < 4.78 is 42.6. The highest BCUT2D eigenvalue weighted by atomic mass is 16.8. The minimum atomic E-state index is -1.52. The van der Waals surface area contributed by atoms with Gasteiger partial charge in [0.05, 0.1) is 38.0 Å². The minimum Gasteiger partial charge on any atom is -0.394 e. The number of piperidine rings is 1. The smallest absolute Gasteiger partial charge is 0.187 e. The molecule has 20 unspecified atom stereocenters. The van der Waals surface area contributed by atoms with Gasteiger partial charge in [-0.1, -0.05) is 0 Å². The Bertz CT molecular complexity index is 1070. The second-order valence-corrected chi connectivity index (χ2v) is 14.5. The number of hydrogen-bond acceptors (Lipinski definition) is 21. The standard InChI is InChI=1S/C31H61N7O14/c32-7-15-21(42)23(44)18(35)29(47-15)51-26-17(11-40)49-31(28(26)46-5-4-38-9-12-2-1-3-37-8-12)52-27-20(41)13(33)6-14(34)25(27)50-30-19(36)24(45)22(43)16(10-39)48-30/h12-31,37-45H,1-11,32-36H2. The van der Waals surface area contributed by atoms with Crippen LogP contribution in [-0.4, -0.2) is 205 Å². The molecule has 0 bridgehead atoms. The van der Waals surface area contributed by atoms with Crippen molar-refractivity contribution in [2.75, 3.05) is 52.5 Å².